The molecule has 0 saturated carbocycles. The first-order valence-corrected chi connectivity index (χ1v) is 11.1. The molecule has 0 radical (unpaired) electrons. The highest BCUT2D eigenvalue weighted by atomic mass is 35.5. The van der Waals surface area contributed by atoms with Crippen LogP contribution in [0.5, 0.6) is 0 Å². The Hall–Kier alpha value is -3.90. The molecule has 0 bridgehead atoms. The summed E-state index contributed by atoms with van der Waals surface area (Å²) in [4.78, 5) is 39.8. The van der Waals surface area contributed by atoms with E-state index >= 15 is 0 Å². The van der Waals surface area contributed by atoms with Gasteiger partial charge in [-0.1, -0.05) is 35.9 Å². The standard InChI is InChI=1S/C27H22ClNO5/c1-3-34-27(33)18-10-14-20(15-11-18)29-23(21-7-5-4-6-16(21)2)22(25(31)26(29)32)24(30)17-8-12-19(28)13-9-17/h4-15,23,30H,3H2,1-2H3/b24-22+. The minimum atomic E-state index is -0.856. The van der Waals surface area contributed by atoms with Gasteiger partial charge in [0, 0.05) is 16.3 Å². The molecule has 6 nitrogen and oxygen atoms in total. The maximum atomic E-state index is 13.2. The third-order valence-electron chi connectivity index (χ3n) is 5.70. The molecule has 1 aliphatic heterocycles. The summed E-state index contributed by atoms with van der Waals surface area (Å²) in [7, 11) is 0. The van der Waals surface area contributed by atoms with Crippen molar-refractivity contribution in [1.29, 1.82) is 0 Å². The van der Waals surface area contributed by atoms with Crippen LogP contribution in [0, 0.1) is 6.92 Å². The predicted octanol–water partition coefficient (Wildman–Crippen LogP) is 5.45. The van der Waals surface area contributed by atoms with Crippen LogP contribution in [0.1, 0.15) is 40.0 Å². The van der Waals surface area contributed by atoms with Crippen LogP contribution in [0.4, 0.5) is 5.69 Å². The van der Waals surface area contributed by atoms with Gasteiger partial charge in [-0.05, 0) is 73.5 Å². The molecule has 172 valence electrons. The number of hydrogen-bond donors (Lipinski definition) is 1. The first kappa shape index (κ1) is 23.3. The quantitative estimate of drug-likeness (QED) is 0.229. The van der Waals surface area contributed by atoms with Crippen LogP contribution in [0.25, 0.3) is 5.76 Å². The number of ketones is 1. The second-order valence-electron chi connectivity index (χ2n) is 7.80. The third kappa shape index (κ3) is 4.20. The fourth-order valence-electron chi connectivity index (χ4n) is 4.02. The summed E-state index contributed by atoms with van der Waals surface area (Å²) in [5, 5.41) is 11.6. The van der Waals surface area contributed by atoms with Gasteiger partial charge in [-0.25, -0.2) is 4.79 Å². The fraction of sp³-hybridized carbons (Fsp3) is 0.148. The Kier molecular flexibility index (Phi) is 6.52. The molecule has 0 aromatic heterocycles. The number of halogens is 1. The maximum absolute atomic E-state index is 13.2. The number of aliphatic hydroxyl groups excluding tert-OH is 1. The largest absolute Gasteiger partial charge is 0.507 e. The summed E-state index contributed by atoms with van der Waals surface area (Å²) >= 11 is 5.97. The summed E-state index contributed by atoms with van der Waals surface area (Å²) in [6.07, 6.45) is 0. The lowest BCUT2D eigenvalue weighted by Crippen LogP contribution is -2.29. The zero-order chi connectivity index (χ0) is 24.4. The molecule has 1 unspecified atom stereocenters. The van der Waals surface area contributed by atoms with Crippen LogP contribution in [-0.4, -0.2) is 29.4 Å². The molecule has 1 atom stereocenters. The minimum absolute atomic E-state index is 0.0175. The van der Waals surface area contributed by atoms with Crippen molar-refractivity contribution < 1.29 is 24.2 Å². The molecule has 1 saturated heterocycles. The lowest BCUT2D eigenvalue weighted by atomic mass is 9.92. The Morgan fingerprint density at radius 2 is 1.59 bits per heavy atom. The molecule has 1 amide bonds. The Morgan fingerprint density at radius 1 is 0.971 bits per heavy atom. The number of nitrogens with zero attached hydrogens (tertiary/aromatic N) is 1. The average Bonchev–Trinajstić information content (AvgIpc) is 3.10. The van der Waals surface area contributed by atoms with Crippen LogP contribution < -0.4 is 4.90 Å². The van der Waals surface area contributed by atoms with E-state index in [0.29, 0.717) is 27.4 Å². The van der Waals surface area contributed by atoms with Gasteiger partial charge >= 0.3 is 5.97 Å². The van der Waals surface area contributed by atoms with Gasteiger partial charge in [0.25, 0.3) is 11.7 Å². The fourth-order valence-corrected chi connectivity index (χ4v) is 4.15. The van der Waals surface area contributed by atoms with E-state index in [4.69, 9.17) is 16.3 Å². The number of aliphatic hydroxyl groups is 1. The van der Waals surface area contributed by atoms with Gasteiger partial charge in [-0.15, -0.1) is 0 Å². The molecule has 7 heteroatoms. The number of benzene rings is 3. The van der Waals surface area contributed by atoms with Crippen molar-refractivity contribution in [2.75, 3.05) is 11.5 Å². The van der Waals surface area contributed by atoms with E-state index in [0.717, 1.165) is 5.56 Å². The molecule has 1 N–H and O–H groups in total. The molecular weight excluding hydrogens is 454 g/mol. The number of aryl methyl sites for hydroxylation is 1. The Labute approximate surface area is 202 Å². The van der Waals surface area contributed by atoms with E-state index in [9.17, 15) is 19.5 Å². The van der Waals surface area contributed by atoms with Crippen molar-refractivity contribution in [1.82, 2.24) is 0 Å². The van der Waals surface area contributed by atoms with Gasteiger partial charge in [-0.3, -0.25) is 14.5 Å². The van der Waals surface area contributed by atoms with Gasteiger partial charge in [-0.2, -0.15) is 0 Å². The maximum Gasteiger partial charge on any atom is 0.338 e. The first-order valence-electron chi connectivity index (χ1n) is 10.7. The van der Waals surface area contributed by atoms with E-state index in [1.165, 1.54) is 4.90 Å². The summed E-state index contributed by atoms with van der Waals surface area (Å²) in [6, 6.07) is 19.2. The van der Waals surface area contributed by atoms with E-state index in [-0.39, 0.29) is 17.9 Å². The molecule has 34 heavy (non-hydrogen) atoms. The van der Waals surface area contributed by atoms with Crippen LogP contribution in [0.2, 0.25) is 5.02 Å². The monoisotopic (exact) mass is 475 g/mol. The van der Waals surface area contributed by atoms with E-state index < -0.39 is 23.7 Å². The highest BCUT2D eigenvalue weighted by Gasteiger charge is 2.47. The smallest absolute Gasteiger partial charge is 0.338 e. The number of rotatable bonds is 5. The van der Waals surface area contributed by atoms with Crippen LogP contribution in [-0.2, 0) is 14.3 Å². The van der Waals surface area contributed by atoms with Crippen LogP contribution >= 0.6 is 11.6 Å². The zero-order valence-electron chi connectivity index (χ0n) is 18.6. The molecule has 1 aliphatic rings. The highest BCUT2D eigenvalue weighted by molar-refractivity contribution is 6.51. The number of anilines is 1. The zero-order valence-corrected chi connectivity index (χ0v) is 19.4. The SMILES string of the molecule is CCOC(=O)c1ccc(N2C(=O)C(=O)/C(=C(/O)c3ccc(Cl)cc3)C2c2ccccc2C)cc1. The second-order valence-corrected chi connectivity index (χ2v) is 8.24. The molecule has 0 spiro atoms. The number of carbonyl (C=O) groups excluding carboxylic acids is 3. The molecule has 3 aromatic rings. The number of Topliss-reactive ketones (excluding diaryl/α,β-unsaturated/α-hetero) is 1. The molecular formula is C27H22ClNO5. The van der Waals surface area contributed by atoms with Gasteiger partial charge in [0.2, 0.25) is 0 Å². The molecule has 4 rings (SSSR count). The van der Waals surface area contributed by atoms with Crippen LogP contribution in [0.15, 0.2) is 78.4 Å². The topological polar surface area (TPSA) is 83.9 Å². The number of carbonyl (C=O) groups is 3. The van der Waals surface area contributed by atoms with Gasteiger partial charge < -0.3 is 9.84 Å². The number of esters is 1. The second kappa shape index (κ2) is 9.53. The van der Waals surface area contributed by atoms with Crippen molar-refractivity contribution in [2.45, 2.75) is 19.9 Å². The van der Waals surface area contributed by atoms with Gasteiger partial charge in [0.15, 0.2) is 0 Å². The normalized spacial score (nSPS) is 17.1. The highest BCUT2D eigenvalue weighted by Crippen LogP contribution is 2.43. The predicted molar refractivity (Wildman–Crippen MR) is 130 cm³/mol. The third-order valence-corrected chi connectivity index (χ3v) is 5.95. The van der Waals surface area contributed by atoms with E-state index in [2.05, 4.69) is 0 Å². The number of hydrogen-bond acceptors (Lipinski definition) is 5. The Balaban J connectivity index is 1.88. The van der Waals surface area contributed by atoms with Crippen LogP contribution in [0.3, 0.4) is 0 Å². The van der Waals surface area contributed by atoms with E-state index in [1.54, 1.807) is 55.5 Å². The lowest BCUT2D eigenvalue weighted by molar-refractivity contribution is -0.132. The number of ether oxygens (including phenoxy) is 1. The first-order chi connectivity index (χ1) is 16.3. The average molecular weight is 476 g/mol. The summed E-state index contributed by atoms with van der Waals surface area (Å²) in [6.45, 7) is 3.84. The number of amides is 1. The summed E-state index contributed by atoms with van der Waals surface area (Å²) in [5.41, 5.74) is 2.65. The van der Waals surface area contributed by atoms with Crippen molar-refractivity contribution >= 4 is 40.7 Å². The molecule has 0 aliphatic carbocycles. The van der Waals surface area contributed by atoms with Gasteiger partial charge in [0.05, 0.1) is 23.8 Å². The Bertz CT molecular complexity index is 1300. The Morgan fingerprint density at radius 3 is 2.21 bits per heavy atom. The minimum Gasteiger partial charge on any atom is -0.507 e. The summed E-state index contributed by atoms with van der Waals surface area (Å²) in [5.74, 6) is -2.33. The molecule has 1 fully saturated rings. The summed E-state index contributed by atoms with van der Waals surface area (Å²) < 4.78 is 5.02. The van der Waals surface area contributed by atoms with Crippen molar-refractivity contribution in [3.8, 4) is 0 Å². The lowest BCUT2D eigenvalue weighted by Gasteiger charge is -2.26. The molecule has 1 heterocycles. The molecule has 3 aromatic carbocycles. The van der Waals surface area contributed by atoms with E-state index in [1.807, 2.05) is 31.2 Å². The van der Waals surface area contributed by atoms with Crippen molar-refractivity contribution in [3.05, 3.63) is 106 Å². The van der Waals surface area contributed by atoms with Gasteiger partial charge in [0.1, 0.15) is 5.76 Å². The van der Waals surface area contributed by atoms with Crippen molar-refractivity contribution in [2.24, 2.45) is 0 Å². The van der Waals surface area contributed by atoms with Crippen molar-refractivity contribution in [3.63, 3.8) is 0 Å².